The molecule has 1 atom stereocenters. The summed E-state index contributed by atoms with van der Waals surface area (Å²) in [5, 5.41) is 11.9. The molecule has 0 saturated carbocycles. The van der Waals surface area contributed by atoms with Gasteiger partial charge in [-0.15, -0.1) is 0 Å². The van der Waals surface area contributed by atoms with E-state index >= 15 is 0 Å². The average Bonchev–Trinajstić information content (AvgIpc) is 2.42. The summed E-state index contributed by atoms with van der Waals surface area (Å²) >= 11 is 0. The van der Waals surface area contributed by atoms with Crippen LogP contribution < -0.4 is 5.32 Å². The van der Waals surface area contributed by atoms with E-state index in [0.29, 0.717) is 18.0 Å². The summed E-state index contributed by atoms with van der Waals surface area (Å²) < 4.78 is 0. The maximum atomic E-state index is 12.0. The predicted molar refractivity (Wildman–Crippen MR) is 77.8 cm³/mol. The highest BCUT2D eigenvalue weighted by Gasteiger charge is 2.29. The van der Waals surface area contributed by atoms with Crippen LogP contribution in [-0.4, -0.2) is 29.9 Å². The number of amides is 1. The molecule has 4 nitrogen and oxygen atoms in total. The first-order valence-corrected chi connectivity index (χ1v) is 7.11. The van der Waals surface area contributed by atoms with Crippen molar-refractivity contribution in [2.45, 2.75) is 32.9 Å². The SMILES string of the molecule is CC(C)CC1C(=O)NCCN1Cc1cccc(C#N)c1. The standard InChI is InChI=1S/C16H21N3O/c1-12(2)8-15-16(20)18-6-7-19(15)11-14-5-3-4-13(9-14)10-17/h3-5,9,12,15H,6-8,11H2,1-2H3,(H,18,20). The van der Waals surface area contributed by atoms with Gasteiger partial charge < -0.3 is 5.32 Å². The Hall–Kier alpha value is -1.86. The van der Waals surface area contributed by atoms with Crippen molar-refractivity contribution in [2.24, 2.45) is 5.92 Å². The minimum Gasteiger partial charge on any atom is -0.353 e. The monoisotopic (exact) mass is 271 g/mol. The van der Waals surface area contributed by atoms with E-state index in [9.17, 15) is 4.79 Å². The Balaban J connectivity index is 2.12. The molecule has 0 radical (unpaired) electrons. The highest BCUT2D eigenvalue weighted by Crippen LogP contribution is 2.18. The molecule has 20 heavy (non-hydrogen) atoms. The van der Waals surface area contributed by atoms with Gasteiger partial charge >= 0.3 is 0 Å². The first kappa shape index (κ1) is 14.5. The highest BCUT2D eigenvalue weighted by atomic mass is 16.2. The molecule has 0 aliphatic carbocycles. The third kappa shape index (κ3) is 3.58. The Labute approximate surface area is 120 Å². The molecule has 1 saturated heterocycles. The zero-order valence-electron chi connectivity index (χ0n) is 12.1. The van der Waals surface area contributed by atoms with Crippen LogP contribution in [0.15, 0.2) is 24.3 Å². The van der Waals surface area contributed by atoms with Crippen LogP contribution in [-0.2, 0) is 11.3 Å². The third-order valence-corrected chi connectivity index (χ3v) is 3.58. The first-order chi connectivity index (χ1) is 9.60. The second kappa shape index (κ2) is 6.53. The second-order valence-electron chi connectivity index (χ2n) is 5.72. The van der Waals surface area contributed by atoms with Crippen molar-refractivity contribution < 1.29 is 4.79 Å². The number of carbonyl (C=O) groups excluding carboxylic acids is 1. The number of hydrogen-bond acceptors (Lipinski definition) is 3. The lowest BCUT2D eigenvalue weighted by Crippen LogP contribution is -2.55. The molecule has 1 aliphatic rings. The number of piperazine rings is 1. The number of rotatable bonds is 4. The lowest BCUT2D eigenvalue weighted by atomic mass is 9.99. The van der Waals surface area contributed by atoms with Crippen LogP contribution in [0.4, 0.5) is 0 Å². The van der Waals surface area contributed by atoms with Crippen molar-refractivity contribution in [3.8, 4) is 6.07 Å². The van der Waals surface area contributed by atoms with E-state index in [4.69, 9.17) is 5.26 Å². The molecule has 1 N–H and O–H groups in total. The molecule has 2 rings (SSSR count). The Kier molecular flexibility index (Phi) is 4.75. The van der Waals surface area contributed by atoms with Crippen molar-refractivity contribution in [2.75, 3.05) is 13.1 Å². The number of benzene rings is 1. The summed E-state index contributed by atoms with van der Waals surface area (Å²) in [6.45, 7) is 6.55. The average molecular weight is 271 g/mol. The summed E-state index contributed by atoms with van der Waals surface area (Å²) in [5.74, 6) is 0.609. The minimum absolute atomic E-state index is 0.0607. The third-order valence-electron chi connectivity index (χ3n) is 3.58. The molecule has 1 aliphatic heterocycles. The van der Waals surface area contributed by atoms with Crippen LogP contribution >= 0.6 is 0 Å². The molecule has 1 aromatic rings. The molecule has 0 aromatic heterocycles. The predicted octanol–water partition coefficient (Wildman–Crippen LogP) is 1.90. The van der Waals surface area contributed by atoms with Crippen LogP contribution in [0.2, 0.25) is 0 Å². The summed E-state index contributed by atoms with van der Waals surface area (Å²) in [4.78, 5) is 14.3. The molecule has 0 bridgehead atoms. The zero-order valence-corrected chi connectivity index (χ0v) is 12.1. The normalized spacial score (nSPS) is 19.7. The fraction of sp³-hybridized carbons (Fsp3) is 0.500. The molecule has 0 spiro atoms. The minimum atomic E-state index is -0.0607. The van der Waals surface area contributed by atoms with Gasteiger partial charge in [0.15, 0.2) is 0 Å². The molecule has 4 heteroatoms. The number of nitrogens with one attached hydrogen (secondary N) is 1. The van der Waals surface area contributed by atoms with Crippen LogP contribution in [0.5, 0.6) is 0 Å². The first-order valence-electron chi connectivity index (χ1n) is 7.11. The van der Waals surface area contributed by atoms with Gasteiger partial charge in [0.2, 0.25) is 5.91 Å². The van der Waals surface area contributed by atoms with Gasteiger partial charge in [-0.3, -0.25) is 9.69 Å². The Morgan fingerprint density at radius 1 is 1.50 bits per heavy atom. The Bertz CT molecular complexity index is 519. The van der Waals surface area contributed by atoms with E-state index in [1.54, 1.807) is 6.07 Å². The molecule has 106 valence electrons. The van der Waals surface area contributed by atoms with Crippen molar-refractivity contribution in [1.29, 1.82) is 5.26 Å². The van der Waals surface area contributed by atoms with Crippen LogP contribution in [0.3, 0.4) is 0 Å². The summed E-state index contributed by atoms with van der Waals surface area (Å²) in [5.41, 5.74) is 1.76. The molecule has 1 aromatic carbocycles. The lowest BCUT2D eigenvalue weighted by Gasteiger charge is -2.36. The quantitative estimate of drug-likeness (QED) is 0.910. The number of carbonyl (C=O) groups is 1. The van der Waals surface area contributed by atoms with Gasteiger partial charge in [0.05, 0.1) is 17.7 Å². The Morgan fingerprint density at radius 3 is 3.00 bits per heavy atom. The molecule has 1 heterocycles. The van der Waals surface area contributed by atoms with Gasteiger partial charge in [-0.05, 0) is 30.0 Å². The lowest BCUT2D eigenvalue weighted by molar-refractivity contribution is -0.130. The van der Waals surface area contributed by atoms with Crippen LogP contribution in [0.1, 0.15) is 31.4 Å². The zero-order chi connectivity index (χ0) is 14.5. The largest absolute Gasteiger partial charge is 0.353 e. The maximum Gasteiger partial charge on any atom is 0.237 e. The van der Waals surface area contributed by atoms with Gasteiger partial charge in [-0.2, -0.15) is 5.26 Å². The van der Waals surface area contributed by atoms with E-state index in [0.717, 1.165) is 25.1 Å². The van der Waals surface area contributed by atoms with Crippen molar-refractivity contribution in [3.63, 3.8) is 0 Å². The van der Waals surface area contributed by atoms with E-state index in [1.165, 1.54) is 0 Å². The molecule has 1 amide bonds. The summed E-state index contributed by atoms with van der Waals surface area (Å²) in [6, 6.07) is 9.72. The molecule has 1 unspecified atom stereocenters. The summed E-state index contributed by atoms with van der Waals surface area (Å²) in [7, 11) is 0. The van der Waals surface area contributed by atoms with Crippen molar-refractivity contribution in [1.82, 2.24) is 10.2 Å². The second-order valence-corrected chi connectivity index (χ2v) is 5.72. The molecular formula is C16H21N3O. The topological polar surface area (TPSA) is 56.1 Å². The van der Waals surface area contributed by atoms with Crippen molar-refractivity contribution >= 4 is 5.91 Å². The number of hydrogen-bond donors (Lipinski definition) is 1. The highest BCUT2D eigenvalue weighted by molar-refractivity contribution is 5.82. The van der Waals surface area contributed by atoms with Gasteiger partial charge in [-0.1, -0.05) is 26.0 Å². The van der Waals surface area contributed by atoms with Gasteiger partial charge in [0, 0.05) is 19.6 Å². The smallest absolute Gasteiger partial charge is 0.237 e. The Morgan fingerprint density at radius 2 is 2.30 bits per heavy atom. The van der Waals surface area contributed by atoms with Gasteiger partial charge in [0.1, 0.15) is 0 Å². The van der Waals surface area contributed by atoms with Crippen molar-refractivity contribution in [3.05, 3.63) is 35.4 Å². The summed E-state index contributed by atoms with van der Waals surface area (Å²) in [6.07, 6.45) is 0.865. The van der Waals surface area contributed by atoms with Gasteiger partial charge in [-0.25, -0.2) is 0 Å². The molecular weight excluding hydrogens is 250 g/mol. The fourth-order valence-electron chi connectivity index (χ4n) is 2.63. The number of nitrogens with zero attached hydrogens (tertiary/aromatic N) is 2. The van der Waals surface area contributed by atoms with Crippen LogP contribution in [0, 0.1) is 17.2 Å². The molecule has 1 fully saturated rings. The fourth-order valence-corrected chi connectivity index (χ4v) is 2.63. The van der Waals surface area contributed by atoms with E-state index in [-0.39, 0.29) is 11.9 Å². The van der Waals surface area contributed by atoms with Crippen LogP contribution in [0.25, 0.3) is 0 Å². The van der Waals surface area contributed by atoms with E-state index in [2.05, 4.69) is 30.1 Å². The van der Waals surface area contributed by atoms with Gasteiger partial charge in [0.25, 0.3) is 0 Å². The van der Waals surface area contributed by atoms with E-state index in [1.807, 2.05) is 18.2 Å². The van der Waals surface area contributed by atoms with E-state index < -0.39 is 0 Å². The maximum absolute atomic E-state index is 12.0. The number of nitriles is 1.